The molecule has 6 atom stereocenters. The van der Waals surface area contributed by atoms with Crippen LogP contribution in [-0.2, 0) is 14.2 Å². The number of carbonyl (C=O) groups is 5. The van der Waals surface area contributed by atoms with Crippen LogP contribution in [-0.4, -0.2) is 154 Å². The Morgan fingerprint density at radius 1 is 0.529 bits per heavy atom. The molecule has 6 aliphatic heterocycles. The van der Waals surface area contributed by atoms with Crippen molar-refractivity contribution in [2.45, 2.75) is 166 Å². The smallest absolute Gasteiger partial charge is 0.870 e. The number of nitrogens with two attached hydrogens (primary N) is 1. The zero-order valence-corrected chi connectivity index (χ0v) is 59.8. The number of carbonyl (C=O) groups excluding carboxylic acids is 3. The number of ether oxygens (including phenoxy) is 6. The van der Waals surface area contributed by atoms with Gasteiger partial charge in [0.15, 0.2) is 34.7 Å². The molecule has 3 saturated carbocycles. The zero-order valence-electron chi connectivity index (χ0n) is 59.0. The minimum absolute atomic E-state index is 0. The van der Waals surface area contributed by atoms with Gasteiger partial charge in [0, 0.05) is 83.9 Å². The van der Waals surface area contributed by atoms with Gasteiger partial charge in [-0.1, -0.05) is 0 Å². The first-order chi connectivity index (χ1) is 46.6. The molecule has 3 aromatic heterocycles. The Morgan fingerprint density at radius 2 is 0.833 bits per heavy atom. The molecule has 546 valence electrons. The molecule has 3 aliphatic carbocycles. The molecular formula is C71H86ClF3LiN9O17. The van der Waals surface area contributed by atoms with Crippen LogP contribution in [0.5, 0.6) is 17.2 Å². The number of rotatable bonds is 11. The van der Waals surface area contributed by atoms with Crippen LogP contribution >= 0.6 is 12.4 Å². The fourth-order valence-corrected chi connectivity index (χ4v) is 15.6. The van der Waals surface area contributed by atoms with Gasteiger partial charge in [-0.2, -0.15) is 0 Å². The Labute approximate surface area is 603 Å². The largest absolute Gasteiger partial charge is 1.00 e. The summed E-state index contributed by atoms with van der Waals surface area (Å²) in [6.07, 6.45) is 6.92. The molecule has 9 heterocycles. The first-order valence-corrected chi connectivity index (χ1v) is 33.9. The first-order valence-electron chi connectivity index (χ1n) is 33.9. The molecule has 9 aliphatic rings. The van der Waals surface area contributed by atoms with Gasteiger partial charge in [-0.3, -0.25) is 28.1 Å². The monoisotopic (exact) mass is 1440 g/mol. The second-order valence-electron chi connectivity index (χ2n) is 30.3. The number of amides is 2. The number of pyridine rings is 3. The molecule has 26 nitrogen and oxygen atoms in total. The van der Waals surface area contributed by atoms with Crippen molar-refractivity contribution in [2.75, 3.05) is 80.9 Å². The molecule has 0 spiro atoms. The maximum Gasteiger partial charge on any atom is 1.00 e. The third kappa shape index (κ3) is 13.9. The third-order valence-electron chi connectivity index (χ3n) is 21.0. The summed E-state index contributed by atoms with van der Waals surface area (Å²) in [5, 5.41) is 26.0. The number of nitrogens with one attached hydrogen (secondary N) is 2. The standard InChI is InChI=1S/C26H32FN3O6.C25H30FN3O6.C20H22FN3O4.ClH.Li.H2O/c1-14-13-35-21-19-15(10-17(23(32)34-5)22(31)30(14)19)11-18(27)20(21)29-9-6-16(12-29)26(7-8-26)28-24(33)36-25(2,3)4;1-13-12-34-20-18-14(9-16(22(31)32)21(30)29(13)18)10-17(26)19(20)28-8-5-15(11-28)25(6-7-25)27-23(33)35-24(2,3)4;1-10-9-28-17-15-11(6-13(19(26)27)18(25)24(10)15)7-14(21)16(17)23-5-2-12(8-23)20(22)3-4-20;;;/h10-11,14,16H,6-9,12-13H2,1-5H3,(H,28,33);9-10,13,15H,5-8,11-12H2,1-4H3,(H,27,33)(H,31,32);6-7,10,12H,2-5,8-9,22H2,1H3,(H,26,27);1H;;1H2/q;;;;+1;/p-1/t14-,16+;13-,15+;10-,12+;;;/m000.../s1. The summed E-state index contributed by atoms with van der Waals surface area (Å²) in [4.78, 5) is 105. The van der Waals surface area contributed by atoms with E-state index in [1.54, 1.807) is 13.8 Å². The number of methoxy groups -OCH3 is 1. The molecule has 31 heteroatoms. The number of anilines is 3. The van der Waals surface area contributed by atoms with Crippen molar-refractivity contribution in [2.24, 2.45) is 23.5 Å². The van der Waals surface area contributed by atoms with Crippen molar-refractivity contribution < 1.29 is 100 Å². The number of esters is 1. The average molecular weight is 1440 g/mol. The van der Waals surface area contributed by atoms with E-state index < -0.39 is 87.0 Å². The number of aromatic carboxylic acids is 2. The van der Waals surface area contributed by atoms with Crippen LogP contribution in [0.15, 0.2) is 50.8 Å². The van der Waals surface area contributed by atoms with E-state index >= 15 is 13.2 Å². The van der Waals surface area contributed by atoms with E-state index in [4.69, 9.17) is 34.2 Å². The van der Waals surface area contributed by atoms with E-state index in [1.165, 1.54) is 57.2 Å². The van der Waals surface area contributed by atoms with Gasteiger partial charge >= 0.3 is 49.0 Å². The predicted octanol–water partition coefficient (Wildman–Crippen LogP) is 6.80. The van der Waals surface area contributed by atoms with Crippen LogP contribution in [0, 0.1) is 35.2 Å². The number of hydrogen-bond acceptors (Lipinski definition) is 19. The van der Waals surface area contributed by atoms with Gasteiger partial charge in [0.2, 0.25) is 0 Å². The predicted molar refractivity (Wildman–Crippen MR) is 369 cm³/mol. The molecule has 0 unspecified atom stereocenters. The minimum Gasteiger partial charge on any atom is -0.870 e. The van der Waals surface area contributed by atoms with Crippen molar-refractivity contribution in [1.29, 1.82) is 0 Å². The maximum absolute atomic E-state index is 15.6. The van der Waals surface area contributed by atoms with Gasteiger partial charge in [0.25, 0.3) is 16.7 Å². The van der Waals surface area contributed by atoms with Crippen LogP contribution in [0.1, 0.15) is 169 Å². The van der Waals surface area contributed by atoms with Gasteiger partial charge in [-0.15, -0.1) is 12.4 Å². The minimum atomic E-state index is -1.35. The fraction of sp³-hybridized carbons (Fsp3) is 0.549. The molecule has 102 heavy (non-hydrogen) atoms. The van der Waals surface area contributed by atoms with Crippen molar-refractivity contribution >= 4 is 92.3 Å². The zero-order chi connectivity index (χ0) is 71.1. The number of hydrogen-bond donors (Lipinski definition) is 5. The number of alkyl carbamates (subject to hydrolysis) is 2. The van der Waals surface area contributed by atoms with Crippen LogP contribution in [0.25, 0.3) is 32.7 Å². The molecule has 0 radical (unpaired) electrons. The topological polar surface area (TPSA) is 337 Å². The van der Waals surface area contributed by atoms with E-state index in [2.05, 4.69) is 10.6 Å². The first kappa shape index (κ1) is 76.3. The summed E-state index contributed by atoms with van der Waals surface area (Å²) in [5.41, 5.74) is 4.01. The molecule has 0 bridgehead atoms. The van der Waals surface area contributed by atoms with Gasteiger partial charge in [0.1, 0.15) is 64.8 Å². The Kier molecular flexibility index (Phi) is 20.7. The van der Waals surface area contributed by atoms with Crippen LogP contribution in [0.4, 0.5) is 39.8 Å². The summed E-state index contributed by atoms with van der Waals surface area (Å²) < 4.78 is 84.1. The van der Waals surface area contributed by atoms with Gasteiger partial charge in [-0.05, 0) is 162 Å². The van der Waals surface area contributed by atoms with Crippen molar-refractivity contribution in [1.82, 2.24) is 24.3 Å². The Bertz CT molecular complexity index is 4600. The molecule has 6 fully saturated rings. The molecule has 7 N–H and O–H groups in total. The van der Waals surface area contributed by atoms with Crippen molar-refractivity contribution in [3.8, 4) is 17.2 Å². The Morgan fingerprint density at radius 3 is 1.13 bits per heavy atom. The number of aromatic nitrogens is 3. The number of benzene rings is 3. The number of halogens is 4. The van der Waals surface area contributed by atoms with Gasteiger partial charge < -0.3 is 75.2 Å². The van der Waals surface area contributed by atoms with Gasteiger partial charge in [-0.25, -0.2) is 37.1 Å². The molecule has 3 saturated heterocycles. The second kappa shape index (κ2) is 27.7. The summed E-state index contributed by atoms with van der Waals surface area (Å²) in [6, 6.07) is 6.67. The van der Waals surface area contributed by atoms with E-state index in [0.29, 0.717) is 101 Å². The summed E-state index contributed by atoms with van der Waals surface area (Å²) >= 11 is 0. The van der Waals surface area contributed by atoms with Gasteiger partial charge in [0.05, 0.1) is 41.8 Å². The SMILES string of the molecule is COC(=O)c1cc2cc(F)c(N3CC[C@@H](C4(NC(=O)OC(C)(C)C)CC4)C3)c3c2n(c1=O)[C@@H](C)CO3.C[C@H]1COc2c(N3CC[C@@H](C4(N)CC4)C3)c(F)cc3cc(C(=O)O)c(=O)n1c23.C[C@H]1COc2c(N3CC[C@@H](C4(NC(=O)OC(C)(C)C)CC4)C3)c(F)cc3cc(C(=O)O)c(=O)n1c23.Cl.[Li+].[OH-]. The van der Waals surface area contributed by atoms with E-state index in [1.807, 2.05) is 63.2 Å². The van der Waals surface area contributed by atoms with E-state index in [9.17, 15) is 48.6 Å². The molecule has 2 amide bonds. The van der Waals surface area contributed by atoms with Crippen molar-refractivity contribution in [3.05, 3.63) is 102 Å². The molecular weight excluding hydrogens is 1350 g/mol. The fourth-order valence-electron chi connectivity index (χ4n) is 15.6. The number of carboxylic acid groups (broad SMARTS) is 2. The molecule has 6 aromatic rings. The van der Waals surface area contributed by atoms with Crippen LogP contribution < -0.4 is 80.8 Å². The molecule has 3 aromatic carbocycles. The third-order valence-corrected chi connectivity index (χ3v) is 21.0. The van der Waals surface area contributed by atoms with E-state index in [0.717, 1.165) is 57.8 Å². The Hall–Kier alpha value is -8.36. The average Bonchev–Trinajstić information content (AvgIpc) is 0.775. The second-order valence-corrected chi connectivity index (χ2v) is 30.3. The quantitative estimate of drug-likeness (QED) is 0.0506. The van der Waals surface area contributed by atoms with E-state index in [-0.39, 0.29) is 120 Å². The van der Waals surface area contributed by atoms with Crippen LogP contribution in [0.2, 0.25) is 0 Å². The summed E-state index contributed by atoms with van der Waals surface area (Å²) in [6.45, 7) is 20.3. The normalized spacial score (nSPS) is 22.5. The van der Waals surface area contributed by atoms with Crippen LogP contribution in [0.3, 0.4) is 0 Å². The molecule has 15 rings (SSSR count). The number of carboxylic acids is 2. The maximum atomic E-state index is 15.6. The number of nitrogens with zero attached hydrogens (tertiary/aromatic N) is 6. The van der Waals surface area contributed by atoms with Crippen molar-refractivity contribution in [3.63, 3.8) is 0 Å². The summed E-state index contributed by atoms with van der Waals surface area (Å²) in [5.74, 6) is -3.48. The Balaban J connectivity index is 0.000000164. The summed E-state index contributed by atoms with van der Waals surface area (Å²) in [7, 11) is 1.21.